The van der Waals surface area contributed by atoms with Crippen molar-refractivity contribution in [2.75, 3.05) is 13.2 Å². The number of rotatable bonds is 51. The Hall–Kier alpha value is -1.07. The first-order valence-corrected chi connectivity index (χ1v) is 29.4. The van der Waals surface area contributed by atoms with Gasteiger partial charge in [-0.15, -0.1) is 0 Å². The molecule has 0 aliphatic carbocycles. The largest absolute Gasteiger partial charge is 0.394 e. The topological polar surface area (TPSA) is 149 Å². The molecule has 0 aromatic rings. The fourth-order valence-electron chi connectivity index (χ4n) is 9.69. The third-order valence-corrected chi connectivity index (χ3v) is 14.4. The Kier molecular flexibility index (Phi) is 46.3. The Bertz CT molecular complexity index is 1060. The normalized spacial score (nSPS) is 19.7. The van der Waals surface area contributed by atoms with E-state index in [2.05, 4.69) is 19.2 Å². The number of aliphatic hydroxyl groups is 5. The zero-order chi connectivity index (χ0) is 48.7. The molecule has 1 aliphatic heterocycles. The number of allylic oxidation sites excluding steroid dienone is 1. The molecule has 1 heterocycles. The lowest BCUT2D eigenvalue weighted by molar-refractivity contribution is -0.302. The highest BCUT2D eigenvalue weighted by molar-refractivity contribution is 5.76. The Morgan fingerprint density at radius 3 is 1.16 bits per heavy atom. The number of ether oxygens (including phenoxy) is 2. The van der Waals surface area contributed by atoms with Crippen LogP contribution in [0.25, 0.3) is 0 Å². The minimum atomic E-state index is -1.56. The summed E-state index contributed by atoms with van der Waals surface area (Å²) < 4.78 is 11.3. The molecule has 1 fully saturated rings. The molecular weight excluding hydrogens is 839 g/mol. The maximum atomic E-state index is 13.0. The van der Waals surface area contributed by atoms with E-state index in [0.29, 0.717) is 6.42 Å². The lowest BCUT2D eigenvalue weighted by Crippen LogP contribution is -2.60. The van der Waals surface area contributed by atoms with Gasteiger partial charge in [-0.25, -0.2) is 0 Å². The van der Waals surface area contributed by atoms with Gasteiger partial charge >= 0.3 is 0 Å². The minimum Gasteiger partial charge on any atom is -0.394 e. The van der Waals surface area contributed by atoms with Crippen LogP contribution in [-0.2, 0) is 14.3 Å². The SMILES string of the molecule is CCCCCCCCCCCCCCC/C=C/C(O)C(COC1OC(CO)C(O)C(O)C1O)NC(=O)CCCCCCCCCCCCCCCCCCCCCCCCCCCCCCC. The molecule has 9 heteroatoms. The smallest absolute Gasteiger partial charge is 0.220 e. The van der Waals surface area contributed by atoms with E-state index >= 15 is 0 Å². The quantitative estimate of drug-likeness (QED) is 0.0261. The third kappa shape index (κ3) is 38.3. The van der Waals surface area contributed by atoms with Gasteiger partial charge in [-0.1, -0.05) is 283 Å². The van der Waals surface area contributed by atoms with E-state index in [-0.39, 0.29) is 12.5 Å². The molecule has 67 heavy (non-hydrogen) atoms. The molecule has 1 amide bonds. The van der Waals surface area contributed by atoms with Gasteiger partial charge in [0.1, 0.15) is 24.4 Å². The molecule has 1 rings (SSSR count). The summed E-state index contributed by atoms with van der Waals surface area (Å²) in [5, 5.41) is 54.5. The standard InChI is InChI=1S/C58H113NO8/c1-3-5-7-9-11-13-15-17-19-20-21-22-23-24-25-26-27-28-29-30-31-32-34-36-38-40-42-44-46-48-54(62)59-51(50-66-58-57(65)56(64)55(63)53(49-60)67-58)52(61)47-45-43-41-39-37-35-33-18-16-14-12-10-8-6-4-2/h45,47,51-53,55-58,60-61,63-65H,3-44,46,48-50H2,1-2H3,(H,59,62)/b47-45+. The number of carbonyl (C=O) groups is 1. The summed E-state index contributed by atoms with van der Waals surface area (Å²) in [5.41, 5.74) is 0. The van der Waals surface area contributed by atoms with Crippen LogP contribution >= 0.6 is 0 Å². The van der Waals surface area contributed by atoms with Gasteiger partial charge in [-0.2, -0.15) is 0 Å². The molecule has 0 aromatic carbocycles. The van der Waals surface area contributed by atoms with Crippen LogP contribution in [0.5, 0.6) is 0 Å². The number of carbonyl (C=O) groups excluding carboxylic acids is 1. The highest BCUT2D eigenvalue weighted by Crippen LogP contribution is 2.23. The van der Waals surface area contributed by atoms with Crippen molar-refractivity contribution in [3.8, 4) is 0 Å². The third-order valence-electron chi connectivity index (χ3n) is 14.4. The molecule has 7 unspecified atom stereocenters. The monoisotopic (exact) mass is 952 g/mol. The van der Waals surface area contributed by atoms with Crippen LogP contribution in [0.4, 0.5) is 0 Å². The van der Waals surface area contributed by atoms with Crippen LogP contribution in [0.2, 0.25) is 0 Å². The summed E-state index contributed by atoms with van der Waals surface area (Å²) in [6.07, 6.45) is 52.9. The van der Waals surface area contributed by atoms with Crippen molar-refractivity contribution < 1.29 is 39.8 Å². The van der Waals surface area contributed by atoms with Crippen molar-refractivity contribution in [3.63, 3.8) is 0 Å². The Balaban J connectivity index is 2.14. The summed E-state index contributed by atoms with van der Waals surface area (Å²) in [4.78, 5) is 13.0. The van der Waals surface area contributed by atoms with Gasteiger partial charge in [0.15, 0.2) is 6.29 Å². The van der Waals surface area contributed by atoms with Crippen LogP contribution in [-0.4, -0.2) is 87.5 Å². The maximum Gasteiger partial charge on any atom is 0.220 e. The average molecular weight is 953 g/mol. The predicted octanol–water partition coefficient (Wildman–Crippen LogP) is 14.4. The molecule has 7 atom stereocenters. The van der Waals surface area contributed by atoms with Crippen LogP contribution in [0.3, 0.4) is 0 Å². The molecule has 0 saturated carbocycles. The first kappa shape index (κ1) is 63.9. The second-order valence-corrected chi connectivity index (χ2v) is 20.8. The van der Waals surface area contributed by atoms with Crippen LogP contribution in [0, 0.1) is 0 Å². The predicted molar refractivity (Wildman–Crippen MR) is 281 cm³/mol. The number of nitrogens with one attached hydrogen (secondary N) is 1. The summed E-state index contributed by atoms with van der Waals surface area (Å²) in [6, 6.07) is -0.800. The highest BCUT2D eigenvalue weighted by Gasteiger charge is 2.44. The average Bonchev–Trinajstić information content (AvgIpc) is 3.33. The Labute approximate surface area is 414 Å². The zero-order valence-electron chi connectivity index (χ0n) is 44.2. The van der Waals surface area contributed by atoms with E-state index in [1.165, 1.54) is 238 Å². The van der Waals surface area contributed by atoms with Crippen molar-refractivity contribution in [1.29, 1.82) is 0 Å². The van der Waals surface area contributed by atoms with Gasteiger partial charge < -0.3 is 40.3 Å². The van der Waals surface area contributed by atoms with Gasteiger partial charge in [-0.05, 0) is 19.3 Å². The second kappa shape index (κ2) is 48.6. The van der Waals surface area contributed by atoms with E-state index < -0.39 is 49.5 Å². The van der Waals surface area contributed by atoms with Crippen molar-refractivity contribution in [1.82, 2.24) is 5.32 Å². The summed E-state index contributed by atoms with van der Waals surface area (Å²) in [7, 11) is 0. The van der Waals surface area contributed by atoms with Crippen molar-refractivity contribution >= 4 is 5.91 Å². The number of unbranched alkanes of at least 4 members (excludes halogenated alkanes) is 41. The molecule has 6 N–H and O–H groups in total. The van der Waals surface area contributed by atoms with Crippen LogP contribution in [0.15, 0.2) is 12.2 Å². The van der Waals surface area contributed by atoms with Crippen molar-refractivity contribution in [2.45, 2.75) is 339 Å². The number of amides is 1. The highest BCUT2D eigenvalue weighted by atomic mass is 16.7. The number of aliphatic hydroxyl groups excluding tert-OH is 5. The number of hydrogen-bond donors (Lipinski definition) is 6. The van der Waals surface area contributed by atoms with E-state index in [4.69, 9.17) is 9.47 Å². The molecule has 398 valence electrons. The maximum absolute atomic E-state index is 13.0. The minimum absolute atomic E-state index is 0.170. The molecule has 1 saturated heterocycles. The van der Waals surface area contributed by atoms with E-state index in [1.54, 1.807) is 6.08 Å². The van der Waals surface area contributed by atoms with Gasteiger partial charge in [0.2, 0.25) is 5.91 Å². The lowest BCUT2D eigenvalue weighted by atomic mass is 9.99. The van der Waals surface area contributed by atoms with E-state index in [1.807, 2.05) is 6.08 Å². The second-order valence-electron chi connectivity index (χ2n) is 20.8. The molecule has 0 aromatic heterocycles. The summed E-state index contributed by atoms with van der Waals surface area (Å²) >= 11 is 0. The lowest BCUT2D eigenvalue weighted by Gasteiger charge is -2.40. The molecule has 1 aliphatic rings. The molecule has 0 spiro atoms. The van der Waals surface area contributed by atoms with Gasteiger partial charge in [0.05, 0.1) is 25.4 Å². The van der Waals surface area contributed by atoms with Crippen LogP contribution < -0.4 is 5.32 Å². The van der Waals surface area contributed by atoms with E-state index in [9.17, 15) is 30.3 Å². The Morgan fingerprint density at radius 2 is 0.821 bits per heavy atom. The first-order valence-electron chi connectivity index (χ1n) is 29.4. The Morgan fingerprint density at radius 1 is 0.493 bits per heavy atom. The molecule has 0 radical (unpaired) electrons. The van der Waals surface area contributed by atoms with E-state index in [0.717, 1.165) is 38.5 Å². The van der Waals surface area contributed by atoms with Crippen LogP contribution in [0.1, 0.15) is 296 Å². The van der Waals surface area contributed by atoms with Crippen molar-refractivity contribution in [3.05, 3.63) is 12.2 Å². The molecule has 0 bridgehead atoms. The van der Waals surface area contributed by atoms with Gasteiger partial charge in [0, 0.05) is 6.42 Å². The number of hydrogen-bond acceptors (Lipinski definition) is 8. The fourth-order valence-corrected chi connectivity index (χ4v) is 9.69. The molecular formula is C58H113NO8. The molecule has 9 nitrogen and oxygen atoms in total. The fraction of sp³-hybridized carbons (Fsp3) is 0.948. The van der Waals surface area contributed by atoms with Gasteiger partial charge in [0.25, 0.3) is 0 Å². The summed E-state index contributed by atoms with van der Waals surface area (Å²) in [6.45, 7) is 3.81. The first-order chi connectivity index (χ1) is 32.8. The van der Waals surface area contributed by atoms with Crippen molar-refractivity contribution in [2.24, 2.45) is 0 Å². The zero-order valence-corrected chi connectivity index (χ0v) is 44.2. The van der Waals surface area contributed by atoms with Gasteiger partial charge in [-0.3, -0.25) is 4.79 Å². The summed E-state index contributed by atoms with van der Waals surface area (Å²) in [5.74, 6) is -0.170.